The Hall–Kier alpha value is -1.34. The smallest absolute Gasteiger partial charge is 0.169 e. The third-order valence-corrected chi connectivity index (χ3v) is 2.87. The van der Waals surface area contributed by atoms with Crippen LogP contribution in [0.15, 0.2) is 6.20 Å². The predicted octanol–water partition coefficient (Wildman–Crippen LogP) is 0.475. The van der Waals surface area contributed by atoms with E-state index in [0.29, 0.717) is 0 Å². The van der Waals surface area contributed by atoms with Crippen LogP contribution < -0.4 is 5.32 Å². The lowest BCUT2D eigenvalue weighted by molar-refractivity contribution is 0.710. The second-order valence-corrected chi connectivity index (χ2v) is 4.02. The summed E-state index contributed by atoms with van der Waals surface area (Å²) in [4.78, 5) is 0. The SMILES string of the molecule is CCNCCc1nnc(-c2cn[nH]n2)s1. The number of aromatic nitrogens is 5. The van der Waals surface area contributed by atoms with Crippen molar-refractivity contribution in [3.8, 4) is 10.7 Å². The molecular formula is C8H12N6S. The van der Waals surface area contributed by atoms with Gasteiger partial charge in [0.1, 0.15) is 10.7 Å². The van der Waals surface area contributed by atoms with Gasteiger partial charge in [-0.05, 0) is 6.54 Å². The molecule has 6 nitrogen and oxygen atoms in total. The largest absolute Gasteiger partial charge is 0.317 e. The quantitative estimate of drug-likeness (QED) is 0.722. The van der Waals surface area contributed by atoms with E-state index in [1.807, 2.05) is 0 Å². The molecule has 0 spiro atoms. The standard InChI is InChI=1S/C8H12N6S/c1-2-9-4-3-7-12-13-8(15-7)6-5-10-14-11-6/h5,9H,2-4H2,1H3,(H,10,11,14). The first kappa shape index (κ1) is 10.2. The fourth-order valence-corrected chi connectivity index (χ4v) is 1.93. The third-order valence-electron chi connectivity index (χ3n) is 1.87. The molecule has 2 N–H and O–H groups in total. The van der Waals surface area contributed by atoms with Gasteiger partial charge in [0, 0.05) is 13.0 Å². The van der Waals surface area contributed by atoms with Crippen LogP contribution in [-0.2, 0) is 6.42 Å². The van der Waals surface area contributed by atoms with E-state index in [9.17, 15) is 0 Å². The highest BCUT2D eigenvalue weighted by atomic mass is 32.1. The van der Waals surface area contributed by atoms with E-state index in [2.05, 4.69) is 37.8 Å². The Morgan fingerprint density at radius 2 is 2.40 bits per heavy atom. The minimum atomic E-state index is 0.752. The molecule has 0 bridgehead atoms. The molecule has 7 heteroatoms. The fourth-order valence-electron chi connectivity index (χ4n) is 1.13. The van der Waals surface area contributed by atoms with E-state index in [1.165, 1.54) is 0 Å². The first-order valence-corrected chi connectivity index (χ1v) is 5.61. The zero-order valence-corrected chi connectivity index (χ0v) is 9.21. The lowest BCUT2D eigenvalue weighted by Crippen LogP contribution is -2.15. The van der Waals surface area contributed by atoms with Gasteiger partial charge < -0.3 is 5.32 Å². The molecule has 2 aromatic rings. The molecular weight excluding hydrogens is 212 g/mol. The Labute approximate surface area is 91.1 Å². The van der Waals surface area contributed by atoms with Crippen molar-refractivity contribution < 1.29 is 0 Å². The van der Waals surface area contributed by atoms with Crippen LogP contribution in [0.3, 0.4) is 0 Å². The molecule has 0 aliphatic carbocycles. The monoisotopic (exact) mass is 224 g/mol. The highest BCUT2D eigenvalue weighted by molar-refractivity contribution is 7.14. The van der Waals surface area contributed by atoms with E-state index < -0.39 is 0 Å². The zero-order valence-electron chi connectivity index (χ0n) is 8.40. The molecule has 0 unspecified atom stereocenters. The predicted molar refractivity (Wildman–Crippen MR) is 57.5 cm³/mol. The van der Waals surface area contributed by atoms with Crippen LogP contribution >= 0.6 is 11.3 Å². The number of rotatable bonds is 5. The number of nitrogens with one attached hydrogen (secondary N) is 2. The molecule has 80 valence electrons. The maximum Gasteiger partial charge on any atom is 0.169 e. The maximum atomic E-state index is 4.09. The van der Waals surface area contributed by atoms with Crippen LogP contribution in [-0.4, -0.2) is 38.7 Å². The molecule has 0 saturated carbocycles. The van der Waals surface area contributed by atoms with Crippen LogP contribution in [0, 0.1) is 0 Å². The van der Waals surface area contributed by atoms with Crippen molar-refractivity contribution in [3.05, 3.63) is 11.2 Å². The summed E-state index contributed by atoms with van der Waals surface area (Å²) in [7, 11) is 0. The van der Waals surface area contributed by atoms with Gasteiger partial charge in [-0.1, -0.05) is 18.3 Å². The zero-order chi connectivity index (χ0) is 10.5. The van der Waals surface area contributed by atoms with Gasteiger partial charge >= 0.3 is 0 Å². The van der Waals surface area contributed by atoms with Crippen molar-refractivity contribution in [3.63, 3.8) is 0 Å². The van der Waals surface area contributed by atoms with E-state index in [1.54, 1.807) is 17.5 Å². The Balaban J connectivity index is 1.98. The van der Waals surface area contributed by atoms with Crippen LogP contribution in [0.2, 0.25) is 0 Å². The molecule has 0 atom stereocenters. The highest BCUT2D eigenvalue weighted by Crippen LogP contribution is 2.20. The molecule has 15 heavy (non-hydrogen) atoms. The lowest BCUT2D eigenvalue weighted by atomic mass is 10.4. The second-order valence-electron chi connectivity index (χ2n) is 2.96. The summed E-state index contributed by atoms with van der Waals surface area (Å²) < 4.78 is 0. The minimum Gasteiger partial charge on any atom is -0.317 e. The molecule has 0 aliphatic heterocycles. The summed E-state index contributed by atoms with van der Waals surface area (Å²) in [5.74, 6) is 0. The number of nitrogens with zero attached hydrogens (tertiary/aromatic N) is 4. The summed E-state index contributed by atoms with van der Waals surface area (Å²) in [5.41, 5.74) is 0.752. The summed E-state index contributed by atoms with van der Waals surface area (Å²) in [6, 6.07) is 0. The molecule has 2 rings (SSSR count). The molecule has 0 aromatic carbocycles. The molecule has 0 aliphatic rings. The first-order chi connectivity index (χ1) is 7.40. The summed E-state index contributed by atoms with van der Waals surface area (Å²) >= 11 is 1.56. The van der Waals surface area contributed by atoms with E-state index in [0.717, 1.165) is 35.2 Å². The number of likely N-dealkylation sites (N-methyl/N-ethyl adjacent to an activating group) is 1. The van der Waals surface area contributed by atoms with Gasteiger partial charge in [0.15, 0.2) is 5.01 Å². The van der Waals surface area contributed by atoms with Crippen LogP contribution in [0.4, 0.5) is 0 Å². The van der Waals surface area contributed by atoms with Gasteiger partial charge in [-0.25, -0.2) is 0 Å². The van der Waals surface area contributed by atoms with E-state index in [4.69, 9.17) is 0 Å². The molecule has 0 fully saturated rings. The lowest BCUT2D eigenvalue weighted by Gasteiger charge is -1.95. The maximum absolute atomic E-state index is 4.09. The van der Waals surface area contributed by atoms with Gasteiger partial charge in [0.25, 0.3) is 0 Å². The van der Waals surface area contributed by atoms with Crippen LogP contribution in [0.5, 0.6) is 0 Å². The van der Waals surface area contributed by atoms with Gasteiger partial charge in [-0.2, -0.15) is 15.4 Å². The summed E-state index contributed by atoms with van der Waals surface area (Å²) in [5, 5.41) is 23.5. The van der Waals surface area contributed by atoms with Gasteiger partial charge in [-0.3, -0.25) is 0 Å². The average Bonchev–Trinajstić information content (AvgIpc) is 2.87. The number of aromatic amines is 1. The fraction of sp³-hybridized carbons (Fsp3) is 0.500. The Morgan fingerprint density at radius 1 is 1.47 bits per heavy atom. The molecule has 2 heterocycles. The van der Waals surface area contributed by atoms with E-state index in [-0.39, 0.29) is 0 Å². The van der Waals surface area contributed by atoms with Crippen molar-refractivity contribution in [2.24, 2.45) is 0 Å². The van der Waals surface area contributed by atoms with Crippen molar-refractivity contribution >= 4 is 11.3 Å². The minimum absolute atomic E-state index is 0.752. The van der Waals surface area contributed by atoms with Gasteiger partial charge in [0.05, 0.1) is 6.20 Å². The molecule has 2 aromatic heterocycles. The Morgan fingerprint density at radius 3 is 3.13 bits per heavy atom. The average molecular weight is 224 g/mol. The van der Waals surface area contributed by atoms with Crippen molar-refractivity contribution in [2.45, 2.75) is 13.3 Å². The topological polar surface area (TPSA) is 79.4 Å². The highest BCUT2D eigenvalue weighted by Gasteiger charge is 2.08. The second kappa shape index (κ2) is 4.94. The Bertz CT molecular complexity index is 395. The van der Waals surface area contributed by atoms with E-state index >= 15 is 0 Å². The molecule has 0 amide bonds. The normalized spacial score (nSPS) is 10.7. The van der Waals surface area contributed by atoms with Crippen LogP contribution in [0.25, 0.3) is 10.7 Å². The van der Waals surface area contributed by atoms with Crippen molar-refractivity contribution in [1.29, 1.82) is 0 Å². The first-order valence-electron chi connectivity index (χ1n) is 4.79. The van der Waals surface area contributed by atoms with Gasteiger partial charge in [0.2, 0.25) is 0 Å². The van der Waals surface area contributed by atoms with Crippen LogP contribution in [0.1, 0.15) is 11.9 Å². The number of hydrogen-bond donors (Lipinski definition) is 2. The van der Waals surface area contributed by atoms with Crippen molar-refractivity contribution in [1.82, 2.24) is 30.9 Å². The van der Waals surface area contributed by atoms with Crippen molar-refractivity contribution in [2.75, 3.05) is 13.1 Å². The third kappa shape index (κ3) is 2.57. The summed E-state index contributed by atoms with van der Waals surface area (Å²) in [6.45, 7) is 4.00. The number of H-pyrrole nitrogens is 1. The number of hydrogen-bond acceptors (Lipinski definition) is 6. The van der Waals surface area contributed by atoms with Gasteiger partial charge in [-0.15, -0.1) is 10.2 Å². The molecule has 0 radical (unpaired) electrons. The summed E-state index contributed by atoms with van der Waals surface area (Å²) in [6.07, 6.45) is 2.55. The Kier molecular flexibility index (Phi) is 3.36. The molecule has 0 saturated heterocycles.